The predicted octanol–water partition coefficient (Wildman–Crippen LogP) is 2.19. The van der Waals surface area contributed by atoms with Gasteiger partial charge in [-0.05, 0) is 35.0 Å². The fraction of sp³-hybridized carbons (Fsp3) is 0.100. The first-order valence-electron chi connectivity index (χ1n) is 4.38. The highest BCUT2D eigenvalue weighted by atomic mass is 79.9. The Hall–Kier alpha value is -1.49. The molecule has 0 aliphatic rings. The first kappa shape index (κ1) is 10.0. The van der Waals surface area contributed by atoms with E-state index < -0.39 is 0 Å². The van der Waals surface area contributed by atoms with E-state index in [1.165, 1.54) is 0 Å². The number of halogens is 1. The van der Waals surface area contributed by atoms with Crippen molar-refractivity contribution in [2.45, 2.75) is 6.92 Å². The molecule has 0 unspecified atom stereocenters. The Morgan fingerprint density at radius 1 is 1.27 bits per heavy atom. The molecule has 0 amide bonds. The number of aryl methyl sites for hydroxylation is 1. The standard InChI is InChI=1S/C10H9BrN4/c1-6-4-9(12)15-10(14-6)8-3-2-7(11)5-13-8/h2-5H,1H3,(H2,12,14,15). The topological polar surface area (TPSA) is 64.7 Å². The fourth-order valence-corrected chi connectivity index (χ4v) is 1.45. The van der Waals surface area contributed by atoms with Crippen molar-refractivity contribution in [1.82, 2.24) is 15.0 Å². The minimum absolute atomic E-state index is 0.460. The van der Waals surface area contributed by atoms with Crippen molar-refractivity contribution < 1.29 is 0 Å². The molecule has 4 nitrogen and oxygen atoms in total. The minimum atomic E-state index is 0.460. The maximum atomic E-state index is 5.64. The molecule has 0 saturated carbocycles. The number of nitrogen functional groups attached to an aromatic ring is 1. The Balaban J connectivity index is 2.49. The molecule has 5 heteroatoms. The summed E-state index contributed by atoms with van der Waals surface area (Å²) in [7, 11) is 0. The van der Waals surface area contributed by atoms with Crippen LogP contribution in [0.5, 0.6) is 0 Å². The molecule has 0 bridgehead atoms. The lowest BCUT2D eigenvalue weighted by atomic mass is 10.3. The molecule has 0 atom stereocenters. The van der Waals surface area contributed by atoms with Gasteiger partial charge in [-0.15, -0.1) is 0 Å². The summed E-state index contributed by atoms with van der Waals surface area (Å²) in [6.45, 7) is 1.88. The van der Waals surface area contributed by atoms with Crippen LogP contribution in [0.4, 0.5) is 5.82 Å². The van der Waals surface area contributed by atoms with Crippen molar-refractivity contribution in [3.05, 3.63) is 34.6 Å². The van der Waals surface area contributed by atoms with E-state index in [0.717, 1.165) is 10.2 Å². The average Bonchev–Trinajstić information content (AvgIpc) is 2.17. The van der Waals surface area contributed by atoms with Gasteiger partial charge in [-0.3, -0.25) is 4.98 Å². The quantitative estimate of drug-likeness (QED) is 0.858. The maximum absolute atomic E-state index is 5.64. The van der Waals surface area contributed by atoms with E-state index in [2.05, 4.69) is 30.9 Å². The van der Waals surface area contributed by atoms with Crippen LogP contribution in [0.15, 0.2) is 28.9 Å². The smallest absolute Gasteiger partial charge is 0.180 e. The van der Waals surface area contributed by atoms with Crippen molar-refractivity contribution in [3.8, 4) is 11.5 Å². The van der Waals surface area contributed by atoms with Crippen LogP contribution in [0.1, 0.15) is 5.69 Å². The maximum Gasteiger partial charge on any atom is 0.180 e. The highest BCUT2D eigenvalue weighted by Crippen LogP contribution is 2.16. The largest absolute Gasteiger partial charge is 0.384 e. The number of anilines is 1. The van der Waals surface area contributed by atoms with Gasteiger partial charge in [-0.2, -0.15) is 0 Å². The van der Waals surface area contributed by atoms with E-state index in [1.807, 2.05) is 19.1 Å². The molecule has 2 aromatic rings. The molecule has 0 aliphatic heterocycles. The number of pyridine rings is 1. The molecule has 76 valence electrons. The van der Waals surface area contributed by atoms with Crippen LogP contribution < -0.4 is 5.73 Å². The molecule has 0 fully saturated rings. The number of aromatic nitrogens is 3. The third-order valence-electron chi connectivity index (χ3n) is 1.83. The molecule has 0 saturated heterocycles. The second kappa shape index (κ2) is 3.94. The number of nitrogens with zero attached hydrogens (tertiary/aromatic N) is 3. The summed E-state index contributed by atoms with van der Waals surface area (Å²) in [6.07, 6.45) is 1.71. The molecule has 2 heterocycles. The van der Waals surface area contributed by atoms with Gasteiger partial charge in [0.2, 0.25) is 0 Å². The van der Waals surface area contributed by atoms with Gasteiger partial charge in [0.15, 0.2) is 5.82 Å². The summed E-state index contributed by atoms with van der Waals surface area (Å²) in [5.41, 5.74) is 7.19. The lowest BCUT2D eigenvalue weighted by Gasteiger charge is -2.02. The van der Waals surface area contributed by atoms with Crippen LogP contribution >= 0.6 is 15.9 Å². The van der Waals surface area contributed by atoms with Crippen molar-refractivity contribution >= 4 is 21.7 Å². The SMILES string of the molecule is Cc1cc(N)nc(-c2ccc(Br)cn2)n1. The summed E-state index contributed by atoms with van der Waals surface area (Å²) in [4.78, 5) is 12.6. The highest BCUT2D eigenvalue weighted by molar-refractivity contribution is 9.10. The summed E-state index contributed by atoms with van der Waals surface area (Å²) in [6, 6.07) is 5.46. The molecular formula is C10H9BrN4. The molecule has 2 aromatic heterocycles. The zero-order valence-electron chi connectivity index (χ0n) is 8.11. The van der Waals surface area contributed by atoms with Gasteiger partial charge in [0.05, 0.1) is 0 Å². The molecule has 15 heavy (non-hydrogen) atoms. The predicted molar refractivity (Wildman–Crippen MR) is 62.1 cm³/mol. The summed E-state index contributed by atoms with van der Waals surface area (Å²) in [5.74, 6) is 1.02. The van der Waals surface area contributed by atoms with Gasteiger partial charge in [0.25, 0.3) is 0 Å². The van der Waals surface area contributed by atoms with Crippen molar-refractivity contribution in [1.29, 1.82) is 0 Å². The summed E-state index contributed by atoms with van der Waals surface area (Å²) < 4.78 is 0.923. The Morgan fingerprint density at radius 2 is 2.07 bits per heavy atom. The average molecular weight is 265 g/mol. The lowest BCUT2D eigenvalue weighted by Crippen LogP contribution is -1.98. The van der Waals surface area contributed by atoms with Gasteiger partial charge < -0.3 is 5.73 Å². The Labute approximate surface area is 95.7 Å². The molecular weight excluding hydrogens is 256 g/mol. The van der Waals surface area contributed by atoms with Crippen LogP contribution in [0.25, 0.3) is 11.5 Å². The van der Waals surface area contributed by atoms with Crippen LogP contribution in [0.2, 0.25) is 0 Å². The molecule has 0 aromatic carbocycles. The van der Waals surface area contributed by atoms with Gasteiger partial charge >= 0.3 is 0 Å². The van der Waals surface area contributed by atoms with Crippen LogP contribution in [-0.4, -0.2) is 15.0 Å². The minimum Gasteiger partial charge on any atom is -0.384 e. The van der Waals surface area contributed by atoms with E-state index in [9.17, 15) is 0 Å². The van der Waals surface area contributed by atoms with Crippen LogP contribution in [0, 0.1) is 6.92 Å². The van der Waals surface area contributed by atoms with E-state index in [4.69, 9.17) is 5.73 Å². The second-order valence-corrected chi connectivity index (χ2v) is 4.04. The van der Waals surface area contributed by atoms with Gasteiger partial charge in [0.1, 0.15) is 11.5 Å². The van der Waals surface area contributed by atoms with Gasteiger partial charge in [-0.25, -0.2) is 9.97 Å². The van der Waals surface area contributed by atoms with E-state index >= 15 is 0 Å². The lowest BCUT2D eigenvalue weighted by molar-refractivity contribution is 1.09. The van der Waals surface area contributed by atoms with Crippen LogP contribution in [-0.2, 0) is 0 Å². The molecule has 2 N–H and O–H groups in total. The van der Waals surface area contributed by atoms with Crippen molar-refractivity contribution in [3.63, 3.8) is 0 Å². The third-order valence-corrected chi connectivity index (χ3v) is 2.30. The highest BCUT2D eigenvalue weighted by Gasteiger charge is 2.04. The molecule has 0 aliphatic carbocycles. The summed E-state index contributed by atoms with van der Waals surface area (Å²) in [5, 5.41) is 0. The van der Waals surface area contributed by atoms with Gasteiger partial charge in [-0.1, -0.05) is 0 Å². The van der Waals surface area contributed by atoms with E-state index in [1.54, 1.807) is 12.3 Å². The Kier molecular flexibility index (Phi) is 2.64. The molecule has 0 spiro atoms. The monoisotopic (exact) mass is 264 g/mol. The van der Waals surface area contributed by atoms with Gasteiger partial charge in [0, 0.05) is 22.4 Å². The molecule has 2 rings (SSSR count). The number of hydrogen-bond acceptors (Lipinski definition) is 4. The third kappa shape index (κ3) is 2.30. The van der Waals surface area contributed by atoms with E-state index in [-0.39, 0.29) is 0 Å². The number of rotatable bonds is 1. The molecule has 0 radical (unpaired) electrons. The Morgan fingerprint density at radius 3 is 2.67 bits per heavy atom. The second-order valence-electron chi connectivity index (χ2n) is 3.12. The Bertz CT molecular complexity index is 461. The zero-order valence-corrected chi connectivity index (χ0v) is 9.69. The van der Waals surface area contributed by atoms with Crippen molar-refractivity contribution in [2.75, 3.05) is 5.73 Å². The van der Waals surface area contributed by atoms with E-state index in [0.29, 0.717) is 17.3 Å². The number of hydrogen-bond donors (Lipinski definition) is 1. The summed E-state index contributed by atoms with van der Waals surface area (Å²) >= 11 is 3.32. The fourth-order valence-electron chi connectivity index (χ4n) is 1.22. The van der Waals surface area contributed by atoms with Crippen molar-refractivity contribution in [2.24, 2.45) is 0 Å². The normalized spacial score (nSPS) is 10.3. The first-order valence-corrected chi connectivity index (χ1v) is 5.17. The zero-order chi connectivity index (χ0) is 10.8. The first-order chi connectivity index (χ1) is 7.15. The number of nitrogens with two attached hydrogens (primary N) is 1. The van der Waals surface area contributed by atoms with Crippen LogP contribution in [0.3, 0.4) is 0 Å².